The Labute approximate surface area is 121 Å². The van der Waals surface area contributed by atoms with Crippen LogP contribution in [0.2, 0.25) is 0 Å². The summed E-state index contributed by atoms with van der Waals surface area (Å²) in [6, 6.07) is 8.76. The van der Waals surface area contributed by atoms with E-state index in [2.05, 4.69) is 51.9 Å². The molecule has 0 saturated carbocycles. The van der Waals surface area contributed by atoms with Gasteiger partial charge in [0.25, 0.3) is 0 Å². The van der Waals surface area contributed by atoms with E-state index in [0.29, 0.717) is 0 Å². The van der Waals surface area contributed by atoms with Gasteiger partial charge in [0.05, 0.1) is 0 Å². The van der Waals surface area contributed by atoms with Crippen molar-refractivity contribution in [2.24, 2.45) is 0 Å². The molecule has 0 fully saturated rings. The van der Waals surface area contributed by atoms with E-state index in [4.69, 9.17) is 0 Å². The summed E-state index contributed by atoms with van der Waals surface area (Å²) in [7, 11) is 4.04. The number of rotatable bonds is 5. The topological polar surface area (TPSA) is 27.3 Å². The lowest BCUT2D eigenvalue weighted by atomic mass is 10.0. The van der Waals surface area contributed by atoms with E-state index >= 15 is 0 Å². The zero-order valence-electron chi connectivity index (χ0n) is 12.4. The largest absolute Gasteiger partial charge is 0.380 e. The van der Waals surface area contributed by atoms with Gasteiger partial charge in [0, 0.05) is 38.5 Å². The Morgan fingerprint density at radius 1 is 1.32 bits per heavy atom. The molecule has 1 aliphatic rings. The molecule has 19 heavy (non-hydrogen) atoms. The lowest BCUT2D eigenvalue weighted by Gasteiger charge is -2.06. The van der Waals surface area contributed by atoms with Gasteiger partial charge in [0.1, 0.15) is 0 Å². The molecule has 1 aromatic rings. The Morgan fingerprint density at radius 2 is 2.11 bits per heavy atom. The van der Waals surface area contributed by atoms with Crippen LogP contribution in [0.3, 0.4) is 0 Å². The van der Waals surface area contributed by atoms with E-state index in [0.717, 1.165) is 19.5 Å². The molecule has 2 N–H and O–H groups in total. The van der Waals surface area contributed by atoms with Crippen molar-refractivity contribution >= 4 is 17.7 Å². The van der Waals surface area contributed by atoms with Crippen LogP contribution in [-0.2, 0) is 6.54 Å². The monoisotopic (exact) mass is 279 g/mol. The number of hydrogen-bond acceptors (Lipinski definition) is 4. The first kappa shape index (κ1) is 16.1. The molecule has 0 radical (unpaired) electrons. The normalized spacial score (nSPS) is 13.9. The average molecular weight is 279 g/mol. The van der Waals surface area contributed by atoms with Gasteiger partial charge in [-0.05, 0) is 30.2 Å². The highest BCUT2D eigenvalue weighted by atomic mass is 32.2. The zero-order chi connectivity index (χ0) is 14.1. The maximum Gasteiger partial charge on any atom is 0.0322 e. The van der Waals surface area contributed by atoms with E-state index < -0.39 is 0 Å². The summed E-state index contributed by atoms with van der Waals surface area (Å²) in [4.78, 5) is 2.25. The van der Waals surface area contributed by atoms with Gasteiger partial charge < -0.3 is 4.90 Å². The van der Waals surface area contributed by atoms with Gasteiger partial charge in [0.15, 0.2) is 0 Å². The van der Waals surface area contributed by atoms with Crippen LogP contribution in [0.4, 0.5) is 0 Å². The second-order valence-electron chi connectivity index (χ2n) is 4.21. The number of nitrogens with one attached hydrogen (secondary N) is 2. The first-order valence-electron chi connectivity index (χ1n) is 6.85. The van der Waals surface area contributed by atoms with Crippen LogP contribution in [-0.4, -0.2) is 25.5 Å². The van der Waals surface area contributed by atoms with Crippen LogP contribution in [0.25, 0.3) is 5.57 Å². The smallest absolute Gasteiger partial charge is 0.0322 e. The second kappa shape index (κ2) is 9.02. The maximum absolute atomic E-state index is 3.25. The van der Waals surface area contributed by atoms with Crippen molar-refractivity contribution < 1.29 is 0 Å². The molecule has 1 aromatic carbocycles. The van der Waals surface area contributed by atoms with Gasteiger partial charge in [0.2, 0.25) is 0 Å². The van der Waals surface area contributed by atoms with Crippen LogP contribution in [0, 0.1) is 0 Å². The lowest BCUT2D eigenvalue weighted by molar-refractivity contribution is 0.496. The van der Waals surface area contributed by atoms with Crippen molar-refractivity contribution in [2.75, 3.05) is 20.6 Å². The molecule has 2 rings (SSSR count). The highest BCUT2D eigenvalue weighted by molar-refractivity contribution is 7.95. The Balaban J connectivity index is 0.000000861. The molecular weight excluding hydrogens is 254 g/mol. The van der Waals surface area contributed by atoms with Gasteiger partial charge in [-0.15, -0.1) is 0 Å². The molecule has 0 saturated heterocycles. The SMILES string of the molecule is CC.CNSNCc1cccc(C2=CN(C)CC2)c1. The number of nitrogens with zero attached hydrogens (tertiary/aromatic N) is 1. The van der Waals surface area contributed by atoms with E-state index in [-0.39, 0.29) is 0 Å². The Hall–Kier alpha value is -0.970. The lowest BCUT2D eigenvalue weighted by Crippen LogP contribution is -2.09. The molecule has 0 aromatic heterocycles. The molecule has 1 heterocycles. The fourth-order valence-electron chi connectivity index (χ4n) is 1.98. The van der Waals surface area contributed by atoms with Crippen LogP contribution in [0.1, 0.15) is 31.4 Å². The highest BCUT2D eigenvalue weighted by Crippen LogP contribution is 2.24. The first-order valence-corrected chi connectivity index (χ1v) is 7.67. The third kappa shape index (κ3) is 5.27. The van der Waals surface area contributed by atoms with Gasteiger partial charge in [-0.3, -0.25) is 4.72 Å². The third-order valence-corrected chi connectivity index (χ3v) is 3.35. The summed E-state index contributed by atoms with van der Waals surface area (Å²) in [5, 5.41) is 0. The summed E-state index contributed by atoms with van der Waals surface area (Å²) in [6.07, 6.45) is 3.40. The minimum Gasteiger partial charge on any atom is -0.380 e. The van der Waals surface area contributed by atoms with Crippen molar-refractivity contribution in [3.05, 3.63) is 41.6 Å². The minimum atomic E-state index is 0.877. The summed E-state index contributed by atoms with van der Waals surface area (Å²) < 4.78 is 6.25. The van der Waals surface area contributed by atoms with E-state index in [9.17, 15) is 0 Å². The van der Waals surface area contributed by atoms with Crippen LogP contribution in [0.15, 0.2) is 30.5 Å². The molecule has 0 bridgehead atoms. The number of hydrogen-bond donors (Lipinski definition) is 2. The average Bonchev–Trinajstić information content (AvgIpc) is 2.89. The maximum atomic E-state index is 3.25. The highest BCUT2D eigenvalue weighted by Gasteiger charge is 2.10. The van der Waals surface area contributed by atoms with Crippen molar-refractivity contribution in [3.8, 4) is 0 Å². The molecule has 0 amide bonds. The fourth-order valence-corrected chi connectivity index (χ4v) is 2.37. The van der Waals surface area contributed by atoms with Gasteiger partial charge in [-0.25, -0.2) is 4.72 Å². The predicted octanol–water partition coefficient (Wildman–Crippen LogP) is 3.26. The Bertz CT molecular complexity index is 404. The van der Waals surface area contributed by atoms with Crippen LogP contribution >= 0.6 is 12.1 Å². The van der Waals surface area contributed by atoms with Crippen molar-refractivity contribution in [1.82, 2.24) is 14.3 Å². The molecule has 4 heteroatoms. The standard InChI is InChI=1S/C13H19N3S.C2H6/c1-14-17-15-9-11-4-3-5-12(8-11)13-6-7-16(2)10-13;1-2/h3-5,8,10,14-15H,6-7,9H2,1-2H3;1-2H3. The molecule has 0 atom stereocenters. The molecular formula is C15H25N3S. The summed E-state index contributed by atoms with van der Waals surface area (Å²) in [5.74, 6) is 0. The molecule has 0 spiro atoms. The van der Waals surface area contributed by atoms with Gasteiger partial charge in [-0.1, -0.05) is 38.1 Å². The summed E-state index contributed by atoms with van der Waals surface area (Å²) >= 11 is 1.52. The first-order chi connectivity index (χ1) is 9.29. The zero-order valence-corrected chi connectivity index (χ0v) is 13.2. The Kier molecular flexibility index (Phi) is 7.63. The van der Waals surface area contributed by atoms with Gasteiger partial charge >= 0.3 is 0 Å². The molecule has 0 unspecified atom stereocenters. The van der Waals surface area contributed by atoms with Gasteiger partial charge in [-0.2, -0.15) is 0 Å². The van der Waals surface area contributed by atoms with E-state index in [1.165, 1.54) is 28.8 Å². The Morgan fingerprint density at radius 3 is 2.74 bits per heavy atom. The van der Waals surface area contributed by atoms with Crippen LogP contribution < -0.4 is 9.44 Å². The summed E-state index contributed by atoms with van der Waals surface area (Å²) in [5.41, 5.74) is 4.11. The molecule has 106 valence electrons. The van der Waals surface area contributed by atoms with Crippen LogP contribution in [0.5, 0.6) is 0 Å². The molecule has 0 aliphatic carbocycles. The van der Waals surface area contributed by atoms with E-state index in [1.807, 2.05) is 20.9 Å². The fraction of sp³-hybridized carbons (Fsp3) is 0.467. The van der Waals surface area contributed by atoms with Crippen molar-refractivity contribution in [2.45, 2.75) is 26.8 Å². The van der Waals surface area contributed by atoms with Crippen molar-refractivity contribution in [3.63, 3.8) is 0 Å². The number of benzene rings is 1. The molecule has 3 nitrogen and oxygen atoms in total. The quantitative estimate of drug-likeness (QED) is 0.639. The van der Waals surface area contributed by atoms with Crippen molar-refractivity contribution in [1.29, 1.82) is 0 Å². The molecule has 1 aliphatic heterocycles. The summed E-state index contributed by atoms with van der Waals surface area (Å²) in [6.45, 7) is 6.01. The minimum absolute atomic E-state index is 0.877. The predicted molar refractivity (Wildman–Crippen MR) is 86.5 cm³/mol. The second-order valence-corrected chi connectivity index (χ2v) is 5.11. The third-order valence-electron chi connectivity index (χ3n) is 2.86. The van der Waals surface area contributed by atoms with E-state index in [1.54, 1.807) is 0 Å².